The number of nitrogens with two attached hydrogens (primary N) is 1. The number of hydrogen-bond donors (Lipinski definition) is 2. The van der Waals surface area contributed by atoms with Gasteiger partial charge in [0.2, 0.25) is 0 Å². The van der Waals surface area contributed by atoms with Crippen molar-refractivity contribution >= 4 is 0 Å². The first kappa shape index (κ1) is 10.2. The molecular formula is C11H17NO. The van der Waals surface area contributed by atoms with Gasteiger partial charge in [0.15, 0.2) is 0 Å². The normalized spacial score (nSPS) is 17.8. The van der Waals surface area contributed by atoms with Crippen molar-refractivity contribution in [2.24, 2.45) is 5.73 Å². The molecule has 1 aromatic carbocycles. The van der Waals surface area contributed by atoms with Gasteiger partial charge in [0.05, 0.1) is 6.10 Å². The molecule has 0 aliphatic carbocycles. The summed E-state index contributed by atoms with van der Waals surface area (Å²) in [6.07, 6.45) is 0.168. The lowest BCUT2D eigenvalue weighted by Crippen LogP contribution is -2.41. The average Bonchev–Trinajstić information content (AvgIpc) is 2.18. The van der Waals surface area contributed by atoms with E-state index in [4.69, 9.17) is 5.73 Å². The Morgan fingerprint density at radius 1 is 1.38 bits per heavy atom. The van der Waals surface area contributed by atoms with Crippen LogP contribution in [-0.4, -0.2) is 10.6 Å². The Morgan fingerprint density at radius 3 is 2.38 bits per heavy atom. The molecule has 13 heavy (non-hydrogen) atoms. The Bertz CT molecular complexity index is 256. The fraction of sp³-hybridized carbons (Fsp3) is 0.455. The fourth-order valence-electron chi connectivity index (χ4n) is 1.21. The Hall–Kier alpha value is -0.860. The number of aliphatic hydroxyl groups excluding tert-OH is 1. The van der Waals surface area contributed by atoms with Gasteiger partial charge in [-0.25, -0.2) is 0 Å². The van der Waals surface area contributed by atoms with Crippen molar-refractivity contribution in [2.75, 3.05) is 0 Å². The first-order chi connectivity index (χ1) is 6.08. The molecule has 0 aliphatic heterocycles. The minimum Gasteiger partial charge on any atom is -0.386 e. The second-order valence-corrected chi connectivity index (χ2v) is 3.67. The standard InChI is InChI=1S/C11H17NO/c1-3-11(2,12)10(13)9-7-5-4-6-8-9/h4-8,10,13H,3,12H2,1-2H3. The molecule has 72 valence electrons. The Labute approximate surface area is 79.4 Å². The van der Waals surface area contributed by atoms with Crippen molar-refractivity contribution in [1.82, 2.24) is 0 Å². The summed E-state index contributed by atoms with van der Waals surface area (Å²) in [5.41, 5.74) is 6.28. The average molecular weight is 179 g/mol. The highest BCUT2D eigenvalue weighted by Gasteiger charge is 2.27. The van der Waals surface area contributed by atoms with Gasteiger partial charge in [0.1, 0.15) is 0 Å². The van der Waals surface area contributed by atoms with E-state index in [1.54, 1.807) is 0 Å². The predicted octanol–water partition coefficient (Wildman–Crippen LogP) is 1.85. The van der Waals surface area contributed by atoms with Gasteiger partial charge in [0.25, 0.3) is 0 Å². The zero-order chi connectivity index (χ0) is 9.90. The van der Waals surface area contributed by atoms with Gasteiger partial charge in [-0.3, -0.25) is 0 Å². The monoisotopic (exact) mass is 179 g/mol. The Balaban J connectivity index is 2.85. The predicted molar refractivity (Wildman–Crippen MR) is 54.3 cm³/mol. The van der Waals surface area contributed by atoms with Crippen molar-refractivity contribution in [3.8, 4) is 0 Å². The number of hydrogen-bond acceptors (Lipinski definition) is 2. The zero-order valence-corrected chi connectivity index (χ0v) is 8.20. The van der Waals surface area contributed by atoms with Crippen LogP contribution in [0.15, 0.2) is 30.3 Å². The van der Waals surface area contributed by atoms with Gasteiger partial charge in [-0.05, 0) is 18.9 Å². The minimum atomic E-state index is -0.585. The Morgan fingerprint density at radius 2 is 1.92 bits per heavy atom. The van der Waals surface area contributed by atoms with Crippen LogP contribution in [0.4, 0.5) is 0 Å². The number of aliphatic hydroxyl groups is 1. The summed E-state index contributed by atoms with van der Waals surface area (Å²) in [7, 11) is 0. The molecule has 0 saturated carbocycles. The van der Waals surface area contributed by atoms with Crippen LogP contribution >= 0.6 is 0 Å². The van der Waals surface area contributed by atoms with E-state index < -0.39 is 11.6 Å². The first-order valence-corrected chi connectivity index (χ1v) is 4.60. The fourth-order valence-corrected chi connectivity index (χ4v) is 1.21. The molecular weight excluding hydrogens is 162 g/mol. The molecule has 2 heteroatoms. The molecule has 1 aromatic rings. The van der Waals surface area contributed by atoms with Crippen LogP contribution < -0.4 is 5.73 Å². The molecule has 1 rings (SSSR count). The molecule has 0 aromatic heterocycles. The zero-order valence-electron chi connectivity index (χ0n) is 8.20. The molecule has 0 spiro atoms. The van der Waals surface area contributed by atoms with E-state index in [9.17, 15) is 5.11 Å². The number of benzene rings is 1. The minimum absolute atomic E-state index is 0.540. The van der Waals surface area contributed by atoms with E-state index in [1.807, 2.05) is 44.2 Å². The molecule has 2 unspecified atom stereocenters. The maximum atomic E-state index is 9.92. The van der Waals surface area contributed by atoms with Crippen LogP contribution in [-0.2, 0) is 0 Å². The van der Waals surface area contributed by atoms with Gasteiger partial charge in [-0.1, -0.05) is 37.3 Å². The SMILES string of the molecule is CCC(C)(N)C(O)c1ccccc1. The summed E-state index contributed by atoms with van der Waals surface area (Å²) >= 11 is 0. The molecule has 3 N–H and O–H groups in total. The molecule has 2 nitrogen and oxygen atoms in total. The van der Waals surface area contributed by atoms with Gasteiger partial charge in [-0.2, -0.15) is 0 Å². The van der Waals surface area contributed by atoms with Crippen molar-refractivity contribution in [1.29, 1.82) is 0 Å². The van der Waals surface area contributed by atoms with Crippen molar-refractivity contribution < 1.29 is 5.11 Å². The van der Waals surface area contributed by atoms with Gasteiger partial charge < -0.3 is 10.8 Å². The van der Waals surface area contributed by atoms with E-state index in [0.717, 1.165) is 12.0 Å². The smallest absolute Gasteiger partial charge is 0.0966 e. The number of rotatable bonds is 3. The third-order valence-electron chi connectivity index (χ3n) is 2.50. The van der Waals surface area contributed by atoms with E-state index in [0.29, 0.717) is 0 Å². The molecule has 0 aliphatic rings. The molecule has 0 bridgehead atoms. The lowest BCUT2D eigenvalue weighted by molar-refractivity contribution is 0.0916. The maximum Gasteiger partial charge on any atom is 0.0966 e. The topological polar surface area (TPSA) is 46.2 Å². The highest BCUT2D eigenvalue weighted by molar-refractivity contribution is 5.20. The van der Waals surface area contributed by atoms with E-state index in [1.165, 1.54) is 0 Å². The van der Waals surface area contributed by atoms with Crippen LogP contribution in [0.3, 0.4) is 0 Å². The second kappa shape index (κ2) is 3.90. The second-order valence-electron chi connectivity index (χ2n) is 3.67. The molecule has 2 atom stereocenters. The molecule has 0 fully saturated rings. The Kier molecular flexibility index (Phi) is 3.07. The molecule has 0 saturated heterocycles. The van der Waals surface area contributed by atoms with Crippen LogP contribution in [0.25, 0.3) is 0 Å². The van der Waals surface area contributed by atoms with Crippen molar-refractivity contribution in [3.05, 3.63) is 35.9 Å². The third kappa shape index (κ3) is 2.29. The van der Waals surface area contributed by atoms with E-state index in [2.05, 4.69) is 0 Å². The largest absolute Gasteiger partial charge is 0.386 e. The molecule has 0 radical (unpaired) electrons. The van der Waals surface area contributed by atoms with Gasteiger partial charge in [0, 0.05) is 5.54 Å². The van der Waals surface area contributed by atoms with Gasteiger partial charge >= 0.3 is 0 Å². The molecule has 0 amide bonds. The van der Waals surface area contributed by atoms with Gasteiger partial charge in [-0.15, -0.1) is 0 Å². The van der Waals surface area contributed by atoms with Crippen molar-refractivity contribution in [2.45, 2.75) is 31.9 Å². The highest BCUT2D eigenvalue weighted by Crippen LogP contribution is 2.25. The lowest BCUT2D eigenvalue weighted by atomic mass is 9.88. The van der Waals surface area contributed by atoms with Crippen LogP contribution in [0.5, 0.6) is 0 Å². The van der Waals surface area contributed by atoms with E-state index in [-0.39, 0.29) is 0 Å². The summed E-state index contributed by atoms with van der Waals surface area (Å²) in [5.74, 6) is 0. The summed E-state index contributed by atoms with van der Waals surface area (Å²) < 4.78 is 0. The summed E-state index contributed by atoms with van der Waals surface area (Å²) in [6.45, 7) is 3.84. The lowest BCUT2D eigenvalue weighted by Gasteiger charge is -2.29. The first-order valence-electron chi connectivity index (χ1n) is 4.60. The summed E-state index contributed by atoms with van der Waals surface area (Å²) in [6, 6.07) is 9.53. The van der Waals surface area contributed by atoms with Crippen LogP contribution in [0.2, 0.25) is 0 Å². The van der Waals surface area contributed by atoms with Crippen LogP contribution in [0.1, 0.15) is 31.9 Å². The third-order valence-corrected chi connectivity index (χ3v) is 2.50. The van der Waals surface area contributed by atoms with Crippen molar-refractivity contribution in [3.63, 3.8) is 0 Å². The quantitative estimate of drug-likeness (QED) is 0.743. The molecule has 0 heterocycles. The maximum absolute atomic E-state index is 9.92. The summed E-state index contributed by atoms with van der Waals surface area (Å²) in [5, 5.41) is 9.92. The highest BCUT2D eigenvalue weighted by atomic mass is 16.3. The van der Waals surface area contributed by atoms with Crippen LogP contribution in [0, 0.1) is 0 Å². The van der Waals surface area contributed by atoms with E-state index >= 15 is 0 Å². The summed E-state index contributed by atoms with van der Waals surface area (Å²) in [4.78, 5) is 0.